The van der Waals surface area contributed by atoms with E-state index in [0.717, 1.165) is 6.20 Å². The fourth-order valence-corrected chi connectivity index (χ4v) is 2.33. The number of rotatable bonds is 6. The van der Waals surface area contributed by atoms with E-state index >= 15 is 0 Å². The monoisotopic (exact) mass is 336 g/mol. The largest absolute Gasteiger partial charge is 0.386 e. The Balaban J connectivity index is 1.85. The van der Waals surface area contributed by atoms with Crippen LogP contribution in [0.25, 0.3) is 0 Å². The van der Waals surface area contributed by atoms with Crippen molar-refractivity contribution in [3.05, 3.63) is 64.7 Å². The van der Waals surface area contributed by atoms with E-state index in [2.05, 4.69) is 10.3 Å². The van der Waals surface area contributed by atoms with Crippen molar-refractivity contribution in [1.82, 2.24) is 10.3 Å². The van der Waals surface area contributed by atoms with Gasteiger partial charge in [-0.2, -0.15) is 0 Å². The SMILES string of the molecule is CC(NC(=O)CCc1cncc(F)c1)C(O)c1ccc(Cl)cc1. The van der Waals surface area contributed by atoms with Gasteiger partial charge >= 0.3 is 0 Å². The topological polar surface area (TPSA) is 62.2 Å². The maximum Gasteiger partial charge on any atom is 0.220 e. The van der Waals surface area contributed by atoms with E-state index < -0.39 is 18.0 Å². The Morgan fingerprint density at radius 3 is 2.70 bits per heavy atom. The molecule has 2 unspecified atom stereocenters. The van der Waals surface area contributed by atoms with Crippen LogP contribution in [-0.2, 0) is 11.2 Å². The summed E-state index contributed by atoms with van der Waals surface area (Å²) in [7, 11) is 0. The lowest BCUT2D eigenvalue weighted by atomic mass is 10.0. The molecule has 0 bridgehead atoms. The van der Waals surface area contributed by atoms with E-state index in [0.29, 0.717) is 22.6 Å². The number of pyridine rings is 1. The van der Waals surface area contributed by atoms with Crippen molar-refractivity contribution < 1.29 is 14.3 Å². The van der Waals surface area contributed by atoms with Gasteiger partial charge in [0.1, 0.15) is 5.82 Å². The van der Waals surface area contributed by atoms with E-state index in [4.69, 9.17) is 11.6 Å². The van der Waals surface area contributed by atoms with E-state index in [1.54, 1.807) is 31.2 Å². The van der Waals surface area contributed by atoms with Crippen molar-refractivity contribution >= 4 is 17.5 Å². The van der Waals surface area contributed by atoms with Crippen molar-refractivity contribution in [2.24, 2.45) is 0 Å². The summed E-state index contributed by atoms with van der Waals surface area (Å²) < 4.78 is 13.0. The molecule has 0 radical (unpaired) electrons. The molecule has 2 aromatic rings. The molecular formula is C17H18ClFN2O2. The first kappa shape index (κ1) is 17.4. The number of carbonyl (C=O) groups is 1. The van der Waals surface area contributed by atoms with Crippen LogP contribution in [0.1, 0.15) is 30.6 Å². The molecule has 0 aliphatic rings. The van der Waals surface area contributed by atoms with E-state index in [9.17, 15) is 14.3 Å². The van der Waals surface area contributed by atoms with Crippen LogP contribution in [0.5, 0.6) is 0 Å². The molecular weight excluding hydrogens is 319 g/mol. The van der Waals surface area contributed by atoms with Crippen LogP contribution >= 0.6 is 11.6 Å². The summed E-state index contributed by atoms with van der Waals surface area (Å²) in [6.07, 6.45) is 2.41. The number of hydrogen-bond donors (Lipinski definition) is 2. The number of benzene rings is 1. The van der Waals surface area contributed by atoms with Gasteiger partial charge in [-0.15, -0.1) is 0 Å². The third-order valence-corrected chi connectivity index (χ3v) is 3.73. The summed E-state index contributed by atoms with van der Waals surface area (Å²) in [5.41, 5.74) is 1.34. The highest BCUT2D eigenvalue weighted by atomic mass is 35.5. The number of nitrogens with one attached hydrogen (secondary N) is 1. The van der Waals surface area contributed by atoms with Crippen LogP contribution in [0.4, 0.5) is 4.39 Å². The Kier molecular flexibility index (Phi) is 6.07. The van der Waals surface area contributed by atoms with Gasteiger partial charge in [0.25, 0.3) is 0 Å². The molecule has 2 atom stereocenters. The van der Waals surface area contributed by atoms with Gasteiger partial charge in [-0.3, -0.25) is 9.78 Å². The number of carbonyl (C=O) groups excluding carboxylic acids is 1. The average molecular weight is 337 g/mol. The van der Waals surface area contributed by atoms with E-state index in [1.807, 2.05) is 0 Å². The Morgan fingerprint density at radius 1 is 1.35 bits per heavy atom. The second-order valence-electron chi connectivity index (χ2n) is 5.36. The summed E-state index contributed by atoms with van der Waals surface area (Å²) in [4.78, 5) is 15.7. The highest BCUT2D eigenvalue weighted by molar-refractivity contribution is 6.30. The van der Waals surface area contributed by atoms with Gasteiger partial charge in [0, 0.05) is 17.6 Å². The molecule has 1 amide bonds. The Hall–Kier alpha value is -1.98. The lowest BCUT2D eigenvalue weighted by Crippen LogP contribution is -2.37. The maximum absolute atomic E-state index is 13.0. The van der Waals surface area contributed by atoms with Crippen molar-refractivity contribution in [3.63, 3.8) is 0 Å². The lowest BCUT2D eigenvalue weighted by Gasteiger charge is -2.20. The van der Waals surface area contributed by atoms with Crippen molar-refractivity contribution in [3.8, 4) is 0 Å². The second-order valence-corrected chi connectivity index (χ2v) is 5.80. The Morgan fingerprint density at radius 2 is 2.04 bits per heavy atom. The number of aliphatic hydroxyl groups excluding tert-OH is 1. The number of amides is 1. The highest BCUT2D eigenvalue weighted by Crippen LogP contribution is 2.19. The highest BCUT2D eigenvalue weighted by Gasteiger charge is 2.18. The summed E-state index contributed by atoms with van der Waals surface area (Å²) in [5, 5.41) is 13.6. The molecule has 122 valence electrons. The molecule has 0 spiro atoms. The standard InChI is InChI=1S/C17H18ClFN2O2/c1-11(17(23)13-3-5-14(18)6-4-13)21-16(22)7-2-12-8-15(19)10-20-9-12/h3-6,8-11,17,23H,2,7H2,1H3,(H,21,22). The van der Waals surface area contributed by atoms with E-state index in [-0.39, 0.29) is 12.3 Å². The summed E-state index contributed by atoms with van der Waals surface area (Å²) in [5.74, 6) is -0.635. The molecule has 1 heterocycles. The number of aryl methyl sites for hydroxylation is 1. The van der Waals surface area contributed by atoms with Gasteiger partial charge < -0.3 is 10.4 Å². The molecule has 2 N–H and O–H groups in total. The number of nitrogens with zero attached hydrogens (tertiary/aromatic N) is 1. The molecule has 23 heavy (non-hydrogen) atoms. The molecule has 1 aromatic heterocycles. The Bertz CT molecular complexity index is 664. The van der Waals surface area contributed by atoms with Crippen LogP contribution in [0.3, 0.4) is 0 Å². The molecule has 0 saturated carbocycles. The fourth-order valence-electron chi connectivity index (χ4n) is 2.20. The predicted octanol–water partition coefficient (Wildman–Crippen LogP) is 3.05. The minimum absolute atomic E-state index is 0.197. The first-order chi connectivity index (χ1) is 11.0. The van der Waals surface area contributed by atoms with Crippen LogP contribution < -0.4 is 5.32 Å². The maximum atomic E-state index is 13.0. The summed E-state index contributed by atoms with van der Waals surface area (Å²) >= 11 is 5.81. The zero-order valence-corrected chi connectivity index (χ0v) is 13.4. The van der Waals surface area contributed by atoms with Gasteiger partial charge in [0.05, 0.1) is 18.3 Å². The molecule has 4 nitrogen and oxygen atoms in total. The van der Waals surface area contributed by atoms with Gasteiger partial charge in [0.2, 0.25) is 5.91 Å². The molecule has 6 heteroatoms. The molecule has 0 fully saturated rings. The number of aromatic nitrogens is 1. The summed E-state index contributed by atoms with van der Waals surface area (Å²) in [6, 6.07) is 7.71. The molecule has 1 aromatic carbocycles. The van der Waals surface area contributed by atoms with Gasteiger partial charge in [0.15, 0.2) is 0 Å². The van der Waals surface area contributed by atoms with Gasteiger partial charge in [-0.25, -0.2) is 4.39 Å². The van der Waals surface area contributed by atoms with Crippen LogP contribution in [0, 0.1) is 5.82 Å². The second kappa shape index (κ2) is 8.04. The molecule has 0 aliphatic heterocycles. The number of aliphatic hydroxyl groups is 1. The van der Waals surface area contributed by atoms with E-state index in [1.165, 1.54) is 12.3 Å². The lowest BCUT2D eigenvalue weighted by molar-refractivity contribution is -0.122. The minimum Gasteiger partial charge on any atom is -0.386 e. The normalized spacial score (nSPS) is 13.4. The average Bonchev–Trinajstić information content (AvgIpc) is 2.53. The van der Waals surface area contributed by atoms with Gasteiger partial charge in [-0.1, -0.05) is 23.7 Å². The van der Waals surface area contributed by atoms with Crippen LogP contribution in [0.2, 0.25) is 5.02 Å². The zero-order valence-electron chi connectivity index (χ0n) is 12.7. The first-order valence-corrected chi connectivity index (χ1v) is 7.66. The minimum atomic E-state index is -0.827. The van der Waals surface area contributed by atoms with Crippen molar-refractivity contribution in [2.45, 2.75) is 31.9 Å². The quantitative estimate of drug-likeness (QED) is 0.852. The van der Waals surface area contributed by atoms with Crippen molar-refractivity contribution in [2.75, 3.05) is 0 Å². The third-order valence-electron chi connectivity index (χ3n) is 3.48. The van der Waals surface area contributed by atoms with Crippen LogP contribution in [0.15, 0.2) is 42.7 Å². The summed E-state index contributed by atoms with van der Waals surface area (Å²) in [6.45, 7) is 1.72. The number of hydrogen-bond acceptors (Lipinski definition) is 3. The van der Waals surface area contributed by atoms with Crippen molar-refractivity contribution in [1.29, 1.82) is 0 Å². The third kappa shape index (κ3) is 5.30. The first-order valence-electron chi connectivity index (χ1n) is 7.28. The van der Waals surface area contributed by atoms with Gasteiger partial charge in [-0.05, 0) is 42.7 Å². The molecule has 0 aliphatic carbocycles. The number of halogens is 2. The van der Waals surface area contributed by atoms with Crippen LogP contribution in [-0.4, -0.2) is 22.0 Å². The zero-order chi connectivity index (χ0) is 16.8. The smallest absolute Gasteiger partial charge is 0.220 e. The fraction of sp³-hybridized carbons (Fsp3) is 0.294. The predicted molar refractivity (Wildman–Crippen MR) is 86.5 cm³/mol. The molecule has 2 rings (SSSR count). The molecule has 0 saturated heterocycles. The Labute approximate surface area is 139 Å².